The van der Waals surface area contributed by atoms with Crippen molar-refractivity contribution in [2.24, 2.45) is 5.73 Å². The second kappa shape index (κ2) is 14.8. The first-order chi connectivity index (χ1) is 16.5. The normalized spacial score (nSPS) is 17.6. The molecule has 0 aromatic heterocycles. The van der Waals surface area contributed by atoms with Crippen molar-refractivity contribution in [3.63, 3.8) is 0 Å². The number of amides is 1. The lowest BCUT2D eigenvalue weighted by Crippen LogP contribution is -2.63. The number of piperidine rings is 2. The molecule has 0 saturated carbocycles. The summed E-state index contributed by atoms with van der Waals surface area (Å²) in [5, 5.41) is 27.3. The van der Waals surface area contributed by atoms with Crippen LogP contribution in [0.2, 0.25) is 0 Å². The largest absolute Gasteiger partial charge is 0.368 e. The van der Waals surface area contributed by atoms with E-state index in [0.717, 1.165) is 64.8 Å². The Labute approximate surface area is 201 Å². The predicted molar refractivity (Wildman–Crippen MR) is 121 cm³/mol. The highest BCUT2D eigenvalue weighted by molar-refractivity contribution is 5.95. The molecular weight excluding hydrogens is 469 g/mol. The van der Waals surface area contributed by atoms with Crippen LogP contribution in [0.4, 0.5) is 4.39 Å². The zero-order valence-electron chi connectivity index (χ0n) is 19.4. The number of nitrogens with two attached hydrogens (primary N) is 1. The second-order valence-electron chi connectivity index (χ2n) is 8.29. The molecule has 0 aliphatic carbocycles. The summed E-state index contributed by atoms with van der Waals surface area (Å²) in [5.41, 5.74) is 5.90. The van der Waals surface area contributed by atoms with Crippen LogP contribution in [-0.4, -0.2) is 80.3 Å². The lowest BCUT2D eigenvalue weighted by atomic mass is 9.83. The summed E-state index contributed by atoms with van der Waals surface area (Å²) in [4.78, 5) is 45.8. The Balaban J connectivity index is 0.000000668. The molecule has 35 heavy (non-hydrogen) atoms. The van der Waals surface area contributed by atoms with Crippen molar-refractivity contribution in [3.8, 4) is 0 Å². The number of rotatable bonds is 7. The quantitative estimate of drug-likeness (QED) is 0.282. The van der Waals surface area contributed by atoms with Gasteiger partial charge in [0.2, 0.25) is 5.91 Å². The number of likely N-dealkylation sites (tertiary alicyclic amines) is 2. The fraction of sp³-hybridized carbons (Fsp3) is 0.619. The minimum absolute atomic E-state index is 0.0480. The highest BCUT2D eigenvalue weighted by atomic mass is 19.1. The van der Waals surface area contributed by atoms with Crippen molar-refractivity contribution in [2.75, 3.05) is 32.7 Å². The van der Waals surface area contributed by atoms with Crippen LogP contribution >= 0.6 is 0 Å². The van der Waals surface area contributed by atoms with Crippen LogP contribution in [0.25, 0.3) is 0 Å². The van der Waals surface area contributed by atoms with Crippen LogP contribution in [-0.2, 0) is 4.79 Å². The van der Waals surface area contributed by atoms with Gasteiger partial charge < -0.3 is 21.0 Å². The standard InChI is InChI=1S/C21H30FN3O2.2HNO3/c22-18-8-6-17(7-9-18)19(26)5-4-12-24-15-10-21(11-16-24,20(23)27)25-13-2-1-3-14-25;2*2-1(3)4/h6-9H,1-5,10-16H2,(H2,23,27);2*(H,2,3,4). The molecule has 196 valence electrons. The monoisotopic (exact) mass is 501 g/mol. The van der Waals surface area contributed by atoms with Gasteiger partial charge in [0.25, 0.3) is 10.2 Å². The van der Waals surface area contributed by atoms with Gasteiger partial charge in [-0.2, -0.15) is 0 Å². The number of carbonyl (C=O) groups excluding carboxylic acids is 2. The highest BCUT2D eigenvalue weighted by Gasteiger charge is 2.44. The molecule has 0 spiro atoms. The lowest BCUT2D eigenvalue weighted by molar-refractivity contribution is -0.742. The molecule has 1 aromatic carbocycles. The van der Waals surface area contributed by atoms with Crippen molar-refractivity contribution >= 4 is 11.7 Å². The van der Waals surface area contributed by atoms with Gasteiger partial charge in [-0.15, -0.1) is 20.2 Å². The number of ketones is 1. The van der Waals surface area contributed by atoms with Gasteiger partial charge in [-0.1, -0.05) is 6.42 Å². The zero-order valence-corrected chi connectivity index (χ0v) is 19.4. The maximum absolute atomic E-state index is 12.9. The summed E-state index contributed by atoms with van der Waals surface area (Å²) in [6.45, 7) is 4.44. The van der Waals surface area contributed by atoms with Gasteiger partial charge in [0, 0.05) is 25.1 Å². The summed E-state index contributed by atoms with van der Waals surface area (Å²) >= 11 is 0. The predicted octanol–water partition coefficient (Wildman–Crippen LogP) is 1.90. The Hall–Kier alpha value is -3.39. The van der Waals surface area contributed by atoms with E-state index in [1.807, 2.05) is 0 Å². The first kappa shape index (κ1) is 29.6. The molecule has 2 fully saturated rings. The van der Waals surface area contributed by atoms with Gasteiger partial charge in [0.05, 0.1) is 0 Å². The number of primary amides is 1. The number of benzene rings is 1. The van der Waals surface area contributed by atoms with Gasteiger partial charge in [0.15, 0.2) is 5.78 Å². The fourth-order valence-electron chi connectivity index (χ4n) is 4.43. The van der Waals surface area contributed by atoms with E-state index in [-0.39, 0.29) is 17.5 Å². The Kier molecular flexibility index (Phi) is 12.5. The Morgan fingerprint density at radius 1 is 0.971 bits per heavy atom. The molecule has 13 nitrogen and oxygen atoms in total. The SMILES string of the molecule is NC(=O)C1(N2CCCCC2)CCN(CCCC(=O)c2ccc(F)cc2)CC1.O=[N+]([O-])O.O=[N+]([O-])O. The number of nitrogens with zero attached hydrogens (tertiary/aromatic N) is 4. The molecule has 0 unspecified atom stereocenters. The van der Waals surface area contributed by atoms with Crippen LogP contribution in [0.5, 0.6) is 0 Å². The highest BCUT2D eigenvalue weighted by Crippen LogP contribution is 2.31. The Morgan fingerprint density at radius 3 is 1.91 bits per heavy atom. The van der Waals surface area contributed by atoms with Crippen molar-refractivity contribution in [3.05, 3.63) is 55.9 Å². The summed E-state index contributed by atoms with van der Waals surface area (Å²) in [6, 6.07) is 5.72. The van der Waals surface area contributed by atoms with Crippen molar-refractivity contribution < 1.29 is 34.6 Å². The molecule has 0 atom stereocenters. The van der Waals surface area contributed by atoms with Gasteiger partial charge in [0.1, 0.15) is 11.4 Å². The number of halogens is 1. The van der Waals surface area contributed by atoms with Gasteiger partial charge in [-0.25, -0.2) is 4.39 Å². The number of hydrogen-bond donors (Lipinski definition) is 3. The summed E-state index contributed by atoms with van der Waals surface area (Å²) in [6.07, 6.45) is 6.29. The molecule has 2 saturated heterocycles. The molecule has 0 bridgehead atoms. The van der Waals surface area contributed by atoms with Crippen LogP contribution in [0.15, 0.2) is 24.3 Å². The van der Waals surface area contributed by atoms with Crippen LogP contribution in [0, 0.1) is 26.0 Å². The van der Waals surface area contributed by atoms with E-state index in [2.05, 4.69) is 9.80 Å². The fourth-order valence-corrected chi connectivity index (χ4v) is 4.43. The maximum Gasteiger partial charge on any atom is 0.291 e. The lowest BCUT2D eigenvalue weighted by Gasteiger charge is -2.48. The molecule has 1 aromatic rings. The molecule has 2 aliphatic heterocycles. The van der Waals surface area contributed by atoms with Crippen molar-refractivity contribution in [1.82, 2.24) is 9.80 Å². The van der Waals surface area contributed by atoms with Crippen LogP contribution < -0.4 is 5.73 Å². The average Bonchev–Trinajstić information content (AvgIpc) is 2.79. The third-order valence-electron chi connectivity index (χ3n) is 6.15. The first-order valence-corrected chi connectivity index (χ1v) is 11.2. The minimum Gasteiger partial charge on any atom is -0.368 e. The number of hydrogen-bond acceptors (Lipinski definition) is 8. The van der Waals surface area contributed by atoms with Gasteiger partial charge in [-0.3, -0.25) is 14.5 Å². The molecule has 2 aliphatic rings. The van der Waals surface area contributed by atoms with Crippen molar-refractivity contribution in [2.45, 2.75) is 50.5 Å². The van der Waals surface area contributed by atoms with Crippen LogP contribution in [0.3, 0.4) is 0 Å². The van der Waals surface area contributed by atoms with E-state index in [9.17, 15) is 14.0 Å². The molecule has 2 heterocycles. The average molecular weight is 502 g/mol. The molecule has 3 rings (SSSR count). The summed E-state index contributed by atoms with van der Waals surface area (Å²) in [7, 11) is 0. The third-order valence-corrected chi connectivity index (χ3v) is 6.15. The van der Waals surface area contributed by atoms with Gasteiger partial charge >= 0.3 is 0 Å². The topological polar surface area (TPSA) is 193 Å². The minimum atomic E-state index is -1.50. The first-order valence-electron chi connectivity index (χ1n) is 11.2. The van der Waals surface area contributed by atoms with E-state index < -0.39 is 15.7 Å². The molecule has 0 radical (unpaired) electrons. The smallest absolute Gasteiger partial charge is 0.291 e. The number of Topliss-reactive ketones (excluding diaryl/α,β-unsaturated/α-hetero) is 1. The second-order valence-corrected chi connectivity index (χ2v) is 8.29. The summed E-state index contributed by atoms with van der Waals surface area (Å²) < 4.78 is 12.9. The Bertz CT molecular complexity index is 821. The molecule has 4 N–H and O–H groups in total. The van der Waals surface area contributed by atoms with Crippen molar-refractivity contribution in [1.29, 1.82) is 0 Å². The van der Waals surface area contributed by atoms with Gasteiger partial charge in [-0.05, 0) is 76.0 Å². The van der Waals surface area contributed by atoms with Crippen LogP contribution in [0.1, 0.15) is 55.3 Å². The van der Waals surface area contributed by atoms with E-state index in [1.54, 1.807) is 12.1 Å². The van der Waals surface area contributed by atoms with E-state index >= 15 is 0 Å². The maximum atomic E-state index is 12.9. The number of carbonyl (C=O) groups is 2. The molecular formula is C21H32FN5O8. The van der Waals surface area contributed by atoms with E-state index in [4.69, 9.17) is 36.4 Å². The Morgan fingerprint density at radius 2 is 1.46 bits per heavy atom. The zero-order chi connectivity index (χ0) is 26.4. The molecule has 1 amide bonds. The van der Waals surface area contributed by atoms with E-state index in [0.29, 0.717) is 12.0 Å². The molecule has 14 heteroatoms. The summed E-state index contributed by atoms with van der Waals surface area (Å²) in [5.74, 6) is -0.464. The third kappa shape index (κ3) is 10.6. The van der Waals surface area contributed by atoms with E-state index in [1.165, 1.54) is 18.6 Å².